The zero-order valence-corrected chi connectivity index (χ0v) is 14.1. The van der Waals surface area contributed by atoms with Crippen molar-refractivity contribution in [1.29, 1.82) is 0 Å². The molecule has 0 aliphatic carbocycles. The molecule has 3 aromatic rings. The molecule has 0 saturated carbocycles. The van der Waals surface area contributed by atoms with Gasteiger partial charge in [0.05, 0.1) is 11.3 Å². The fraction of sp³-hybridized carbons (Fsp3) is 0.0556. The number of benzene rings is 2. The van der Waals surface area contributed by atoms with Crippen molar-refractivity contribution in [2.75, 3.05) is 10.6 Å². The minimum Gasteiger partial charge on any atom is -0.478 e. The number of aryl methyl sites for hydroxylation is 1. The predicted octanol–water partition coefficient (Wildman–Crippen LogP) is 4.62. The van der Waals surface area contributed by atoms with Crippen LogP contribution in [0.15, 0.2) is 54.6 Å². The summed E-state index contributed by atoms with van der Waals surface area (Å²) < 4.78 is 0. The Labute approximate surface area is 149 Å². The quantitative estimate of drug-likeness (QED) is 0.619. The molecule has 0 unspecified atom stereocenters. The Morgan fingerprint density at radius 2 is 1.64 bits per heavy atom. The standard InChI is InChI=1S/C18H15ClN4O2/c1-11-20-16(22-13-8-6-12(19)7-9-13)10-17(21-11)23-15-5-3-2-4-14(15)18(24)25/h2-10H,1H3,(H,24,25)(H2,20,21,22,23). The van der Waals surface area contributed by atoms with Crippen molar-refractivity contribution < 1.29 is 9.90 Å². The van der Waals surface area contributed by atoms with Gasteiger partial charge in [-0.3, -0.25) is 0 Å². The van der Waals surface area contributed by atoms with E-state index in [9.17, 15) is 9.90 Å². The number of rotatable bonds is 5. The zero-order valence-electron chi connectivity index (χ0n) is 13.3. The van der Waals surface area contributed by atoms with Crippen molar-refractivity contribution in [3.05, 3.63) is 71.0 Å². The number of hydrogen-bond donors (Lipinski definition) is 3. The smallest absolute Gasteiger partial charge is 0.337 e. The summed E-state index contributed by atoms with van der Waals surface area (Å²) in [5.74, 6) is 0.630. The lowest BCUT2D eigenvalue weighted by Gasteiger charge is -2.12. The number of halogens is 1. The van der Waals surface area contributed by atoms with E-state index in [1.165, 1.54) is 6.07 Å². The minimum absolute atomic E-state index is 0.172. The maximum Gasteiger partial charge on any atom is 0.337 e. The van der Waals surface area contributed by atoms with Crippen molar-refractivity contribution >= 4 is 40.6 Å². The third kappa shape index (κ3) is 4.24. The Bertz CT molecular complexity index is 913. The minimum atomic E-state index is -1.01. The highest BCUT2D eigenvalue weighted by atomic mass is 35.5. The van der Waals surface area contributed by atoms with Gasteiger partial charge in [0.2, 0.25) is 0 Å². The molecule has 0 amide bonds. The molecule has 6 nitrogen and oxygen atoms in total. The van der Waals surface area contributed by atoms with Gasteiger partial charge in [-0.1, -0.05) is 23.7 Å². The molecule has 1 heterocycles. The Hall–Kier alpha value is -3.12. The topological polar surface area (TPSA) is 87.1 Å². The van der Waals surface area contributed by atoms with Crippen LogP contribution in [0.1, 0.15) is 16.2 Å². The third-order valence-electron chi connectivity index (χ3n) is 3.37. The molecule has 3 N–H and O–H groups in total. The van der Waals surface area contributed by atoms with E-state index in [2.05, 4.69) is 20.6 Å². The fourth-order valence-electron chi connectivity index (χ4n) is 2.29. The van der Waals surface area contributed by atoms with Gasteiger partial charge in [-0.2, -0.15) is 0 Å². The number of anilines is 4. The first-order valence-corrected chi connectivity index (χ1v) is 7.87. The number of aromatic carboxylic acids is 1. The number of carboxylic acid groups (broad SMARTS) is 1. The normalized spacial score (nSPS) is 10.3. The van der Waals surface area contributed by atoms with Crippen LogP contribution in [0, 0.1) is 6.92 Å². The van der Waals surface area contributed by atoms with E-state index in [0.717, 1.165) is 5.69 Å². The zero-order chi connectivity index (χ0) is 17.8. The van der Waals surface area contributed by atoms with Gasteiger partial charge in [0.15, 0.2) is 0 Å². The summed E-state index contributed by atoms with van der Waals surface area (Å²) in [5.41, 5.74) is 1.47. The van der Waals surface area contributed by atoms with Gasteiger partial charge in [-0.15, -0.1) is 0 Å². The second kappa shape index (κ2) is 7.19. The molecular formula is C18H15ClN4O2. The highest BCUT2D eigenvalue weighted by Gasteiger charge is 2.10. The number of nitrogens with zero attached hydrogens (tertiary/aromatic N) is 2. The Morgan fingerprint density at radius 1 is 1.00 bits per heavy atom. The highest BCUT2D eigenvalue weighted by molar-refractivity contribution is 6.30. The van der Waals surface area contributed by atoms with Crippen molar-refractivity contribution in [1.82, 2.24) is 9.97 Å². The summed E-state index contributed by atoms with van der Waals surface area (Å²) in [5, 5.41) is 16.1. The Morgan fingerprint density at radius 3 is 2.32 bits per heavy atom. The molecule has 0 aliphatic rings. The number of aromatic nitrogens is 2. The van der Waals surface area contributed by atoms with Crippen LogP contribution in [0.5, 0.6) is 0 Å². The summed E-state index contributed by atoms with van der Waals surface area (Å²) in [6.45, 7) is 1.77. The molecule has 0 bridgehead atoms. The summed E-state index contributed by atoms with van der Waals surface area (Å²) >= 11 is 5.88. The molecule has 2 aromatic carbocycles. The Kier molecular flexibility index (Phi) is 4.81. The predicted molar refractivity (Wildman–Crippen MR) is 98.2 cm³/mol. The SMILES string of the molecule is Cc1nc(Nc2ccc(Cl)cc2)cc(Nc2ccccc2C(=O)O)n1. The maximum absolute atomic E-state index is 11.3. The van der Waals surface area contributed by atoms with Crippen LogP contribution in [0.2, 0.25) is 5.02 Å². The van der Waals surface area contributed by atoms with E-state index in [4.69, 9.17) is 11.6 Å². The number of carboxylic acids is 1. The van der Waals surface area contributed by atoms with Crippen molar-refractivity contribution in [3.8, 4) is 0 Å². The first kappa shape index (κ1) is 16.7. The van der Waals surface area contributed by atoms with Gasteiger partial charge in [0, 0.05) is 16.8 Å². The number of para-hydroxylation sites is 1. The van der Waals surface area contributed by atoms with Crippen LogP contribution in [0.4, 0.5) is 23.0 Å². The summed E-state index contributed by atoms with van der Waals surface area (Å²) in [4.78, 5) is 20.0. The second-order valence-electron chi connectivity index (χ2n) is 5.29. The molecule has 0 spiro atoms. The van der Waals surface area contributed by atoms with Crippen LogP contribution in [0.3, 0.4) is 0 Å². The molecule has 0 atom stereocenters. The maximum atomic E-state index is 11.3. The van der Waals surface area contributed by atoms with E-state index in [-0.39, 0.29) is 5.56 Å². The van der Waals surface area contributed by atoms with Gasteiger partial charge in [0.25, 0.3) is 0 Å². The van der Waals surface area contributed by atoms with Gasteiger partial charge in [-0.25, -0.2) is 14.8 Å². The summed E-state index contributed by atoms with van der Waals surface area (Å²) in [6.07, 6.45) is 0. The monoisotopic (exact) mass is 354 g/mol. The van der Waals surface area contributed by atoms with E-state index >= 15 is 0 Å². The van der Waals surface area contributed by atoms with E-state index in [0.29, 0.717) is 28.2 Å². The molecular weight excluding hydrogens is 340 g/mol. The van der Waals surface area contributed by atoms with E-state index in [1.807, 2.05) is 12.1 Å². The lowest BCUT2D eigenvalue weighted by molar-refractivity contribution is 0.0698. The number of carbonyl (C=O) groups is 1. The molecule has 7 heteroatoms. The average molecular weight is 355 g/mol. The number of hydrogen-bond acceptors (Lipinski definition) is 5. The van der Waals surface area contributed by atoms with Gasteiger partial charge in [0.1, 0.15) is 17.5 Å². The molecule has 126 valence electrons. The molecule has 25 heavy (non-hydrogen) atoms. The van der Waals surface area contributed by atoms with Crippen LogP contribution >= 0.6 is 11.6 Å². The van der Waals surface area contributed by atoms with Gasteiger partial charge >= 0.3 is 5.97 Å². The molecule has 0 aliphatic heterocycles. The van der Waals surface area contributed by atoms with E-state index < -0.39 is 5.97 Å². The molecule has 0 fully saturated rings. The molecule has 0 saturated heterocycles. The van der Waals surface area contributed by atoms with Crippen LogP contribution < -0.4 is 10.6 Å². The van der Waals surface area contributed by atoms with E-state index in [1.54, 1.807) is 43.3 Å². The van der Waals surface area contributed by atoms with Gasteiger partial charge < -0.3 is 15.7 Å². The van der Waals surface area contributed by atoms with Gasteiger partial charge in [-0.05, 0) is 43.3 Å². The number of nitrogens with one attached hydrogen (secondary N) is 2. The second-order valence-corrected chi connectivity index (χ2v) is 5.73. The van der Waals surface area contributed by atoms with Crippen molar-refractivity contribution in [2.24, 2.45) is 0 Å². The lowest BCUT2D eigenvalue weighted by atomic mass is 10.2. The van der Waals surface area contributed by atoms with Crippen LogP contribution in [-0.2, 0) is 0 Å². The first-order chi connectivity index (χ1) is 12.0. The largest absolute Gasteiger partial charge is 0.478 e. The fourth-order valence-corrected chi connectivity index (χ4v) is 2.42. The van der Waals surface area contributed by atoms with Crippen LogP contribution in [0.25, 0.3) is 0 Å². The third-order valence-corrected chi connectivity index (χ3v) is 3.63. The lowest BCUT2D eigenvalue weighted by Crippen LogP contribution is -2.05. The molecule has 1 aromatic heterocycles. The summed E-state index contributed by atoms with van der Waals surface area (Å²) in [6, 6.07) is 15.6. The average Bonchev–Trinajstić information content (AvgIpc) is 2.57. The first-order valence-electron chi connectivity index (χ1n) is 7.49. The van der Waals surface area contributed by atoms with Crippen molar-refractivity contribution in [3.63, 3.8) is 0 Å². The molecule has 0 radical (unpaired) electrons. The highest BCUT2D eigenvalue weighted by Crippen LogP contribution is 2.23. The summed E-state index contributed by atoms with van der Waals surface area (Å²) in [7, 11) is 0. The molecule has 3 rings (SSSR count). The Balaban J connectivity index is 1.87. The van der Waals surface area contributed by atoms with Crippen molar-refractivity contribution in [2.45, 2.75) is 6.92 Å². The van der Waals surface area contributed by atoms with Crippen LogP contribution in [-0.4, -0.2) is 21.0 Å².